The number of carbonyl (C=O) groups excluding carboxylic acids is 2. The Bertz CT molecular complexity index is 556. The molecule has 6 nitrogen and oxygen atoms in total. The van der Waals surface area contributed by atoms with Crippen molar-refractivity contribution >= 4 is 33.7 Å². The van der Waals surface area contributed by atoms with Gasteiger partial charge < -0.3 is 21.5 Å². The summed E-state index contributed by atoms with van der Waals surface area (Å²) in [6.07, 6.45) is 3.42. The number of methoxy groups -OCH3 is 1. The number of Topliss-reactive ketones (excluding diaryl/α,β-unsaturated/α-hetero) is 1. The van der Waals surface area contributed by atoms with Crippen LogP contribution in [0.4, 0.5) is 10.7 Å². The third-order valence-electron chi connectivity index (χ3n) is 3.84. The summed E-state index contributed by atoms with van der Waals surface area (Å²) < 4.78 is 5.43. The first kappa shape index (κ1) is 15.8. The average Bonchev–Trinajstić information content (AvgIpc) is 3.02. The van der Waals surface area contributed by atoms with E-state index < -0.39 is 5.91 Å². The van der Waals surface area contributed by atoms with Gasteiger partial charge in [-0.2, -0.15) is 0 Å². The summed E-state index contributed by atoms with van der Waals surface area (Å²) in [7, 11) is 1.68. The van der Waals surface area contributed by atoms with E-state index in [1.165, 1.54) is 11.3 Å². The van der Waals surface area contributed by atoms with E-state index in [-0.39, 0.29) is 29.2 Å². The van der Waals surface area contributed by atoms with Crippen LogP contribution < -0.4 is 16.8 Å². The Labute approximate surface area is 127 Å². The van der Waals surface area contributed by atoms with E-state index in [0.717, 1.165) is 19.3 Å². The van der Waals surface area contributed by atoms with Crippen LogP contribution in [0, 0.1) is 0 Å². The fourth-order valence-electron chi connectivity index (χ4n) is 2.70. The van der Waals surface area contributed by atoms with Crippen LogP contribution in [-0.2, 0) is 4.74 Å². The molecule has 0 spiro atoms. The van der Waals surface area contributed by atoms with Crippen molar-refractivity contribution in [2.45, 2.75) is 44.8 Å². The van der Waals surface area contributed by atoms with Crippen molar-refractivity contribution in [2.75, 3.05) is 18.2 Å². The van der Waals surface area contributed by atoms with Gasteiger partial charge in [-0.05, 0) is 19.3 Å². The lowest BCUT2D eigenvalue weighted by Crippen LogP contribution is -2.30. The molecule has 7 heteroatoms. The lowest BCUT2D eigenvalue weighted by atomic mass is 10.1. The monoisotopic (exact) mass is 311 g/mol. The topological polar surface area (TPSA) is 107 Å². The van der Waals surface area contributed by atoms with Crippen molar-refractivity contribution < 1.29 is 14.3 Å². The van der Waals surface area contributed by atoms with Gasteiger partial charge in [0.25, 0.3) is 5.91 Å². The Morgan fingerprint density at radius 3 is 2.71 bits per heavy atom. The number of ether oxygens (including phenoxy) is 1. The third kappa shape index (κ3) is 3.03. The molecule has 0 saturated heterocycles. The number of ketones is 1. The van der Waals surface area contributed by atoms with Crippen molar-refractivity contribution in [3.05, 3.63) is 10.4 Å². The van der Waals surface area contributed by atoms with Crippen molar-refractivity contribution in [3.8, 4) is 0 Å². The van der Waals surface area contributed by atoms with Crippen LogP contribution in [-0.4, -0.2) is 30.9 Å². The maximum Gasteiger partial charge on any atom is 0.253 e. The number of nitrogens with two attached hydrogens (primary N) is 2. The molecule has 5 N–H and O–H groups in total. The number of amides is 1. The highest BCUT2D eigenvalue weighted by atomic mass is 32.1. The fraction of sp³-hybridized carbons (Fsp3) is 0.571. The molecule has 1 aromatic heterocycles. The first-order valence-corrected chi connectivity index (χ1v) is 7.85. The molecule has 1 fully saturated rings. The summed E-state index contributed by atoms with van der Waals surface area (Å²) in [5.74, 6) is -0.698. The molecule has 2 unspecified atom stereocenters. The Morgan fingerprint density at radius 1 is 1.43 bits per heavy atom. The molecule has 116 valence electrons. The van der Waals surface area contributed by atoms with Crippen molar-refractivity contribution in [1.82, 2.24) is 0 Å². The summed E-state index contributed by atoms with van der Waals surface area (Å²) in [5, 5.41) is 3.87. The lowest BCUT2D eigenvalue weighted by molar-refractivity contribution is 0.0990. The minimum absolute atomic E-state index is 0.0808. The second-order valence-corrected chi connectivity index (χ2v) is 6.17. The molecule has 1 amide bonds. The van der Waals surface area contributed by atoms with Crippen molar-refractivity contribution in [2.24, 2.45) is 5.73 Å². The highest BCUT2D eigenvalue weighted by Gasteiger charge is 2.30. The first-order chi connectivity index (χ1) is 9.99. The molecule has 2 rings (SSSR count). The summed E-state index contributed by atoms with van der Waals surface area (Å²) in [4.78, 5) is 24.0. The van der Waals surface area contributed by atoms with Crippen LogP contribution in [0.5, 0.6) is 0 Å². The Kier molecular flexibility index (Phi) is 4.84. The number of hydrogen-bond acceptors (Lipinski definition) is 6. The standard InChI is InChI=1S/C14H21N3O3S/c1-3-8(18)12-11(15)10(13(16)19)14(21-12)17-7-5-4-6-9(7)20-2/h7,9,17H,3-6,15H2,1-2H3,(H2,16,19). The normalized spacial score (nSPS) is 21.4. The van der Waals surface area contributed by atoms with Crippen LogP contribution >= 0.6 is 11.3 Å². The van der Waals surface area contributed by atoms with Gasteiger partial charge in [0.05, 0.1) is 28.3 Å². The van der Waals surface area contributed by atoms with Gasteiger partial charge in [0.2, 0.25) is 0 Å². The van der Waals surface area contributed by atoms with Crippen LogP contribution in [0.25, 0.3) is 0 Å². The first-order valence-electron chi connectivity index (χ1n) is 7.04. The summed E-state index contributed by atoms with van der Waals surface area (Å²) in [6, 6.07) is 0.107. The molecule has 1 aromatic rings. The molecule has 0 radical (unpaired) electrons. The quantitative estimate of drug-likeness (QED) is 0.696. The highest BCUT2D eigenvalue weighted by Crippen LogP contribution is 2.38. The van der Waals surface area contributed by atoms with Gasteiger partial charge in [-0.25, -0.2) is 0 Å². The van der Waals surface area contributed by atoms with E-state index in [4.69, 9.17) is 16.2 Å². The van der Waals surface area contributed by atoms with Gasteiger partial charge in [-0.15, -0.1) is 11.3 Å². The maximum atomic E-state index is 11.9. The number of carbonyl (C=O) groups is 2. The zero-order valence-electron chi connectivity index (χ0n) is 12.3. The molecule has 21 heavy (non-hydrogen) atoms. The zero-order chi connectivity index (χ0) is 15.6. The van der Waals surface area contributed by atoms with Gasteiger partial charge in [-0.3, -0.25) is 9.59 Å². The predicted octanol–water partition coefficient (Wildman–Crippen LogP) is 2.00. The van der Waals surface area contributed by atoms with Crippen LogP contribution in [0.2, 0.25) is 0 Å². The molecule has 0 bridgehead atoms. The molecule has 2 atom stereocenters. The minimum Gasteiger partial charge on any atom is -0.397 e. The van der Waals surface area contributed by atoms with Crippen molar-refractivity contribution in [3.63, 3.8) is 0 Å². The number of rotatable bonds is 6. The average molecular weight is 311 g/mol. The smallest absolute Gasteiger partial charge is 0.253 e. The van der Waals surface area contributed by atoms with Crippen LogP contribution in [0.3, 0.4) is 0 Å². The van der Waals surface area contributed by atoms with E-state index in [1.807, 2.05) is 0 Å². The molecule has 0 aliphatic heterocycles. The third-order valence-corrected chi connectivity index (χ3v) is 5.02. The second-order valence-electron chi connectivity index (χ2n) is 5.15. The molecule has 0 aromatic carbocycles. The SMILES string of the molecule is CCC(=O)c1sc(NC2CCCC2OC)c(C(N)=O)c1N. The largest absolute Gasteiger partial charge is 0.397 e. The second kappa shape index (κ2) is 6.44. The number of primary amides is 1. The van der Waals surface area contributed by atoms with E-state index >= 15 is 0 Å². The number of hydrogen-bond donors (Lipinski definition) is 3. The maximum absolute atomic E-state index is 11.9. The van der Waals surface area contributed by atoms with Gasteiger partial charge in [-0.1, -0.05) is 6.92 Å². The van der Waals surface area contributed by atoms with Crippen LogP contribution in [0.15, 0.2) is 0 Å². The zero-order valence-corrected chi connectivity index (χ0v) is 13.1. The Morgan fingerprint density at radius 2 is 2.14 bits per heavy atom. The van der Waals surface area contributed by atoms with Gasteiger partial charge in [0, 0.05) is 13.5 Å². The fourth-order valence-corrected chi connectivity index (χ4v) is 3.90. The number of thiophene rings is 1. The molecular formula is C14H21N3O3S. The van der Waals surface area contributed by atoms with Gasteiger partial charge in [0.15, 0.2) is 5.78 Å². The minimum atomic E-state index is -0.617. The van der Waals surface area contributed by atoms with Gasteiger partial charge in [0.1, 0.15) is 5.00 Å². The van der Waals surface area contributed by atoms with E-state index in [2.05, 4.69) is 5.32 Å². The molecule has 1 saturated carbocycles. The number of nitrogens with one attached hydrogen (secondary N) is 1. The molecular weight excluding hydrogens is 290 g/mol. The van der Waals surface area contributed by atoms with Crippen LogP contribution in [0.1, 0.15) is 52.6 Å². The van der Waals surface area contributed by atoms with E-state index in [0.29, 0.717) is 16.3 Å². The van der Waals surface area contributed by atoms with Crippen molar-refractivity contribution in [1.29, 1.82) is 0 Å². The Balaban J connectivity index is 2.34. The lowest BCUT2D eigenvalue weighted by Gasteiger charge is -2.20. The molecule has 1 aliphatic rings. The summed E-state index contributed by atoms with van der Waals surface area (Å²) in [5.41, 5.74) is 11.8. The number of anilines is 2. The predicted molar refractivity (Wildman–Crippen MR) is 83.9 cm³/mol. The van der Waals surface area contributed by atoms with E-state index in [1.54, 1.807) is 14.0 Å². The van der Waals surface area contributed by atoms with Gasteiger partial charge >= 0.3 is 0 Å². The molecule has 1 aliphatic carbocycles. The summed E-state index contributed by atoms with van der Waals surface area (Å²) >= 11 is 1.20. The number of nitrogen functional groups attached to an aromatic ring is 1. The summed E-state index contributed by atoms with van der Waals surface area (Å²) in [6.45, 7) is 1.76. The van der Waals surface area contributed by atoms with E-state index in [9.17, 15) is 9.59 Å². The highest BCUT2D eigenvalue weighted by molar-refractivity contribution is 7.19. The molecule has 1 heterocycles. The Hall–Kier alpha value is -1.60.